The third-order valence-corrected chi connectivity index (χ3v) is 9.17. The molecule has 4 nitrogen and oxygen atoms in total. The van der Waals surface area contributed by atoms with Crippen molar-refractivity contribution in [1.29, 1.82) is 0 Å². The Bertz CT molecular complexity index is 425. The first-order valence-electron chi connectivity index (χ1n) is 7.96. The molecular weight excluding hydrogens is 340 g/mol. The van der Waals surface area contributed by atoms with E-state index in [-0.39, 0.29) is 0 Å². The van der Waals surface area contributed by atoms with Gasteiger partial charge in [-0.05, 0) is 32.6 Å². The van der Waals surface area contributed by atoms with Gasteiger partial charge in [-0.15, -0.1) is 13.2 Å². The zero-order valence-corrected chi connectivity index (χ0v) is 19.5. The van der Waals surface area contributed by atoms with Gasteiger partial charge in [-0.2, -0.15) is 0 Å². The molecule has 0 aliphatic carbocycles. The van der Waals surface area contributed by atoms with Gasteiger partial charge in [-0.25, -0.2) is 4.79 Å². The van der Waals surface area contributed by atoms with Gasteiger partial charge in [0.05, 0.1) is 10.2 Å². The molecule has 0 radical (unpaired) electrons. The second-order valence-corrected chi connectivity index (χ2v) is 15.8. The average molecular weight is 373 g/mol. The maximum Gasteiger partial charge on any atom is 0.330 e. The van der Waals surface area contributed by atoms with Crippen molar-refractivity contribution in [2.45, 2.75) is 57.5 Å². The number of rotatable bonds is 11. The molecule has 0 aliphatic heterocycles. The van der Waals surface area contributed by atoms with Crippen molar-refractivity contribution >= 4 is 32.8 Å². The van der Waals surface area contributed by atoms with Crippen LogP contribution in [0.1, 0.15) is 19.8 Å². The minimum atomic E-state index is -2.13. The van der Waals surface area contributed by atoms with Gasteiger partial charge in [0.1, 0.15) is 6.10 Å². The maximum absolute atomic E-state index is 11.8. The van der Waals surface area contributed by atoms with E-state index < -0.39 is 34.1 Å². The van der Waals surface area contributed by atoms with Crippen LogP contribution < -0.4 is 0 Å². The van der Waals surface area contributed by atoms with E-state index in [4.69, 9.17) is 13.6 Å². The van der Waals surface area contributed by atoms with E-state index in [0.29, 0.717) is 16.7 Å². The van der Waals surface area contributed by atoms with Crippen LogP contribution in [0.5, 0.6) is 0 Å². The smallest absolute Gasteiger partial charge is 0.330 e. The summed E-state index contributed by atoms with van der Waals surface area (Å²) in [7, 11) is -3.71. The number of carbonyl (C=O) groups is 1. The maximum atomic E-state index is 11.8. The van der Waals surface area contributed by atoms with Crippen molar-refractivity contribution in [2.24, 2.45) is 0 Å². The number of carbonyl (C=O) groups excluding carboxylic acids is 1. The van der Waals surface area contributed by atoms with E-state index in [1.54, 1.807) is 0 Å². The Morgan fingerprint density at radius 3 is 1.87 bits per heavy atom. The van der Waals surface area contributed by atoms with Crippen LogP contribution in [0.2, 0.25) is 26.2 Å². The van der Waals surface area contributed by atoms with Crippen molar-refractivity contribution in [3.8, 4) is 0 Å². The molecule has 0 saturated heterocycles. The molecule has 0 fully saturated rings. The Morgan fingerprint density at radius 2 is 1.57 bits per heavy atom. The first kappa shape index (κ1) is 22.3. The highest BCUT2D eigenvalue weighted by atomic mass is 28.4. The molecule has 0 amide bonds. The molecule has 0 bridgehead atoms. The summed E-state index contributed by atoms with van der Waals surface area (Å²) in [6.45, 7) is 21.5. The molecule has 7 heteroatoms. The van der Waals surface area contributed by atoms with Crippen molar-refractivity contribution in [3.05, 3.63) is 37.2 Å². The van der Waals surface area contributed by atoms with E-state index in [1.165, 1.54) is 6.08 Å². The van der Waals surface area contributed by atoms with Gasteiger partial charge in [-0.3, -0.25) is 0 Å². The third kappa shape index (κ3) is 7.58. The first-order valence-corrected chi connectivity index (χ1v) is 14.9. The summed E-state index contributed by atoms with van der Waals surface area (Å²) < 4.78 is 18.4. The zero-order valence-electron chi connectivity index (χ0n) is 15.5. The van der Waals surface area contributed by atoms with E-state index in [0.717, 1.165) is 6.42 Å². The van der Waals surface area contributed by atoms with Crippen LogP contribution in [0.25, 0.3) is 0 Å². The summed E-state index contributed by atoms with van der Waals surface area (Å²) in [6, 6.07) is 0. The molecule has 23 heavy (non-hydrogen) atoms. The Labute approximate surface area is 146 Å². The molecule has 0 aliphatic rings. The van der Waals surface area contributed by atoms with Gasteiger partial charge < -0.3 is 13.6 Å². The van der Waals surface area contributed by atoms with Crippen LogP contribution in [0.4, 0.5) is 0 Å². The summed E-state index contributed by atoms with van der Waals surface area (Å²) in [5, 5.41) is 0. The third-order valence-electron chi connectivity index (χ3n) is 3.48. The fourth-order valence-electron chi connectivity index (χ4n) is 2.16. The molecule has 0 N–H and O–H groups in total. The van der Waals surface area contributed by atoms with Gasteiger partial charge in [0.25, 0.3) is 0 Å². The number of ether oxygens (including phenoxy) is 1. The summed E-state index contributed by atoms with van der Waals surface area (Å²) in [5.41, 5.74) is 2.83. The Kier molecular flexibility index (Phi) is 8.64. The highest BCUT2D eigenvalue weighted by Crippen LogP contribution is 2.30. The Morgan fingerprint density at radius 1 is 1.13 bits per heavy atom. The van der Waals surface area contributed by atoms with Gasteiger partial charge in [0.2, 0.25) is 16.6 Å². The van der Waals surface area contributed by atoms with Crippen LogP contribution in [0, 0.1) is 0 Å². The molecule has 132 valence electrons. The van der Waals surface area contributed by atoms with Gasteiger partial charge >= 0.3 is 5.97 Å². The molecule has 0 spiro atoms. The Balaban J connectivity index is 5.73. The first-order chi connectivity index (χ1) is 10.4. The van der Waals surface area contributed by atoms with E-state index in [2.05, 4.69) is 45.9 Å². The highest BCUT2D eigenvalue weighted by molar-refractivity contribution is 6.77. The largest absolute Gasteiger partial charge is 0.454 e. The van der Waals surface area contributed by atoms with Gasteiger partial charge in [-0.1, -0.05) is 31.3 Å². The standard InChI is InChI=1S/C16H32O4Si3/c1-9-13-14(18-15(17)10-2)16(21,19-22(5,6)11-3)20-23(7,8)12-4/h10-12,14H,2-4,9,13H2,1,5-8,21H3. The monoisotopic (exact) mass is 372 g/mol. The van der Waals surface area contributed by atoms with Crippen LogP contribution in [0.15, 0.2) is 37.2 Å². The zero-order chi connectivity index (χ0) is 18.3. The Hall–Kier alpha value is -0.739. The van der Waals surface area contributed by atoms with Crippen molar-refractivity contribution in [3.63, 3.8) is 0 Å². The molecule has 0 aromatic rings. The minimum absolute atomic E-state index is 0.452. The topological polar surface area (TPSA) is 44.8 Å². The van der Waals surface area contributed by atoms with E-state index in [1.807, 2.05) is 18.3 Å². The molecule has 0 saturated carbocycles. The normalized spacial score (nSPS) is 14.1. The number of esters is 1. The number of hydrogen-bond donors (Lipinski definition) is 0. The van der Waals surface area contributed by atoms with Crippen molar-refractivity contribution < 1.29 is 18.4 Å². The van der Waals surface area contributed by atoms with E-state index >= 15 is 0 Å². The number of hydrogen-bond acceptors (Lipinski definition) is 4. The lowest BCUT2D eigenvalue weighted by molar-refractivity contribution is -0.176. The van der Waals surface area contributed by atoms with E-state index in [9.17, 15) is 4.79 Å². The van der Waals surface area contributed by atoms with Crippen LogP contribution >= 0.6 is 0 Å². The molecule has 0 aromatic carbocycles. The SMILES string of the molecule is C=CC(=O)OC(CCC)C([SiH3])(O[Si](C)(C)C=C)O[Si](C)(C)C=C. The van der Waals surface area contributed by atoms with Gasteiger partial charge in [0, 0.05) is 6.08 Å². The predicted octanol–water partition coefficient (Wildman–Crippen LogP) is 2.80. The fraction of sp³-hybridized carbons (Fsp3) is 0.562. The lowest BCUT2D eigenvalue weighted by atomic mass is 10.2. The van der Waals surface area contributed by atoms with Crippen LogP contribution in [-0.2, 0) is 18.4 Å². The second kappa shape index (κ2) is 8.93. The molecule has 1 atom stereocenters. The fourth-order valence-corrected chi connectivity index (χ4v) is 8.41. The lowest BCUT2D eigenvalue weighted by Gasteiger charge is -2.45. The van der Waals surface area contributed by atoms with Crippen molar-refractivity contribution in [2.75, 3.05) is 0 Å². The molecule has 1 unspecified atom stereocenters. The van der Waals surface area contributed by atoms with Crippen LogP contribution in [0.3, 0.4) is 0 Å². The predicted molar refractivity (Wildman–Crippen MR) is 105 cm³/mol. The quantitative estimate of drug-likeness (QED) is 0.242. The average Bonchev–Trinajstić information content (AvgIpc) is 2.45. The molecule has 0 aromatic heterocycles. The highest BCUT2D eigenvalue weighted by Gasteiger charge is 2.45. The summed E-state index contributed by atoms with van der Waals surface area (Å²) in [6.07, 6.45) is 2.25. The lowest BCUT2D eigenvalue weighted by Crippen LogP contribution is -2.59. The summed E-state index contributed by atoms with van der Waals surface area (Å²) in [5.74, 6) is -0.452. The molecule has 0 heterocycles. The molecule has 0 rings (SSSR count). The second-order valence-electron chi connectivity index (χ2n) is 6.75. The minimum Gasteiger partial charge on any atom is -0.454 e. The molecular formula is C16H32O4Si3. The van der Waals surface area contributed by atoms with Crippen molar-refractivity contribution in [1.82, 2.24) is 0 Å². The van der Waals surface area contributed by atoms with Crippen LogP contribution in [-0.4, -0.2) is 44.4 Å². The summed E-state index contributed by atoms with van der Waals surface area (Å²) in [4.78, 5) is 11.8. The summed E-state index contributed by atoms with van der Waals surface area (Å²) >= 11 is 0. The van der Waals surface area contributed by atoms with Gasteiger partial charge in [0.15, 0.2) is 5.41 Å².